The Morgan fingerprint density at radius 1 is 1.06 bits per heavy atom. The van der Waals surface area contributed by atoms with Crippen molar-refractivity contribution in [1.82, 2.24) is 24.8 Å². The van der Waals surface area contributed by atoms with Gasteiger partial charge in [-0.3, -0.25) is 19.1 Å². The van der Waals surface area contributed by atoms with Crippen molar-refractivity contribution in [3.8, 4) is 0 Å². The molecule has 2 aromatic carbocycles. The van der Waals surface area contributed by atoms with E-state index in [4.69, 9.17) is 11.6 Å². The fraction of sp³-hybridized carbons (Fsp3) is 0.182. The third-order valence-corrected chi connectivity index (χ3v) is 5.29. The number of hydrogen-bond donors (Lipinski definition) is 3. The summed E-state index contributed by atoms with van der Waals surface area (Å²) in [6.45, 7) is 0. The minimum Gasteiger partial charge on any atom is -0.345 e. The van der Waals surface area contributed by atoms with Gasteiger partial charge in [-0.2, -0.15) is 0 Å². The summed E-state index contributed by atoms with van der Waals surface area (Å²) in [5.74, 6) is 0.284. The molecular weight excluding hydrogens is 418 g/mol. The molecule has 0 saturated carbocycles. The maximum atomic E-state index is 12.7. The summed E-state index contributed by atoms with van der Waals surface area (Å²) in [6.07, 6.45) is 0.443. The van der Waals surface area contributed by atoms with Gasteiger partial charge < -0.3 is 10.3 Å². The highest BCUT2D eigenvalue weighted by atomic mass is 35.5. The Labute approximate surface area is 181 Å². The van der Waals surface area contributed by atoms with Gasteiger partial charge in [-0.05, 0) is 23.3 Å². The van der Waals surface area contributed by atoms with E-state index in [9.17, 15) is 14.4 Å². The van der Waals surface area contributed by atoms with E-state index in [1.807, 2.05) is 42.5 Å². The molecule has 0 radical (unpaired) electrons. The Kier molecular flexibility index (Phi) is 5.73. The number of carbonyl (C=O) groups excluding carboxylic acids is 1. The average Bonchev–Trinajstić information content (AvgIpc) is 3.21. The molecule has 8 nitrogen and oxygen atoms in total. The van der Waals surface area contributed by atoms with Crippen molar-refractivity contribution in [3.63, 3.8) is 0 Å². The summed E-state index contributed by atoms with van der Waals surface area (Å²) in [5.41, 5.74) is 1.25. The van der Waals surface area contributed by atoms with E-state index >= 15 is 0 Å². The molecular formula is C22H20ClN5O3. The van der Waals surface area contributed by atoms with Crippen LogP contribution in [0.25, 0.3) is 11.2 Å². The molecule has 2 heterocycles. The van der Waals surface area contributed by atoms with Gasteiger partial charge in [-0.15, -0.1) is 0 Å². The minimum absolute atomic E-state index is 0.155. The number of nitrogens with one attached hydrogen (secondary N) is 3. The Morgan fingerprint density at radius 2 is 1.74 bits per heavy atom. The van der Waals surface area contributed by atoms with Gasteiger partial charge in [0.05, 0.1) is 6.04 Å². The van der Waals surface area contributed by atoms with E-state index in [2.05, 4.69) is 20.3 Å². The zero-order valence-corrected chi connectivity index (χ0v) is 17.4. The lowest BCUT2D eigenvalue weighted by Gasteiger charge is -2.20. The first-order valence-electron chi connectivity index (χ1n) is 9.70. The summed E-state index contributed by atoms with van der Waals surface area (Å²) in [6, 6.07) is 16.7. The minimum atomic E-state index is -0.540. The summed E-state index contributed by atoms with van der Waals surface area (Å²) in [7, 11) is 1.52. The molecule has 1 unspecified atom stereocenters. The third kappa shape index (κ3) is 4.44. The standard InChI is InChI=1S/C22H20ClN5O3/c1-28-20-19(21(30)27-22(28)31)24-16(25-20)11-12-17(29)26-18(13-5-3-2-4-6-13)14-7-9-15(23)10-8-14/h2-10,18H,11-12H2,1H3,(H,24,25)(H,26,29)(H,27,30,31). The van der Waals surface area contributed by atoms with E-state index in [1.54, 1.807) is 12.1 Å². The smallest absolute Gasteiger partial charge is 0.329 e. The lowest BCUT2D eigenvalue weighted by molar-refractivity contribution is -0.121. The monoisotopic (exact) mass is 437 g/mol. The molecule has 158 valence electrons. The van der Waals surface area contributed by atoms with Crippen molar-refractivity contribution in [3.05, 3.63) is 97.4 Å². The second-order valence-electron chi connectivity index (χ2n) is 7.16. The average molecular weight is 438 g/mol. The Balaban J connectivity index is 1.52. The van der Waals surface area contributed by atoms with Crippen molar-refractivity contribution in [2.75, 3.05) is 0 Å². The number of fused-ring (bicyclic) bond motifs is 1. The van der Waals surface area contributed by atoms with Gasteiger partial charge in [0.1, 0.15) is 11.3 Å². The van der Waals surface area contributed by atoms with Gasteiger partial charge in [-0.25, -0.2) is 9.78 Å². The highest BCUT2D eigenvalue weighted by Gasteiger charge is 2.18. The summed E-state index contributed by atoms with van der Waals surface area (Å²) < 4.78 is 1.25. The quantitative estimate of drug-likeness (QED) is 0.430. The fourth-order valence-electron chi connectivity index (χ4n) is 3.40. The van der Waals surface area contributed by atoms with Crippen LogP contribution in [0.3, 0.4) is 0 Å². The van der Waals surface area contributed by atoms with Crippen LogP contribution < -0.4 is 16.6 Å². The number of carbonyl (C=O) groups is 1. The van der Waals surface area contributed by atoms with Gasteiger partial charge in [0.25, 0.3) is 5.56 Å². The number of amides is 1. The number of H-pyrrole nitrogens is 2. The van der Waals surface area contributed by atoms with Crippen molar-refractivity contribution < 1.29 is 4.79 Å². The molecule has 4 aromatic rings. The number of halogens is 1. The molecule has 0 aliphatic carbocycles. The number of imidazole rings is 1. The van der Waals surface area contributed by atoms with Crippen LogP contribution in [0.15, 0.2) is 64.2 Å². The topological polar surface area (TPSA) is 113 Å². The molecule has 2 aromatic heterocycles. The SMILES string of the molecule is Cn1c(=O)[nH]c(=O)c2[nH]c(CCC(=O)NC(c3ccccc3)c3ccc(Cl)cc3)nc21. The normalized spacial score (nSPS) is 12.1. The molecule has 0 bridgehead atoms. The molecule has 3 N–H and O–H groups in total. The van der Waals surface area contributed by atoms with Crippen LogP contribution in [0.4, 0.5) is 0 Å². The maximum Gasteiger partial charge on any atom is 0.329 e. The van der Waals surface area contributed by atoms with E-state index in [-0.39, 0.29) is 36.0 Å². The van der Waals surface area contributed by atoms with Gasteiger partial charge in [0.2, 0.25) is 5.91 Å². The fourth-order valence-corrected chi connectivity index (χ4v) is 3.52. The molecule has 0 aliphatic heterocycles. The van der Waals surface area contributed by atoms with Crippen LogP contribution >= 0.6 is 11.6 Å². The molecule has 31 heavy (non-hydrogen) atoms. The van der Waals surface area contributed by atoms with E-state index in [0.29, 0.717) is 10.8 Å². The number of aromatic amines is 2. The van der Waals surface area contributed by atoms with E-state index in [1.165, 1.54) is 11.6 Å². The van der Waals surface area contributed by atoms with Gasteiger partial charge in [0, 0.05) is 24.9 Å². The summed E-state index contributed by atoms with van der Waals surface area (Å²) in [5, 5.41) is 3.68. The van der Waals surface area contributed by atoms with E-state index in [0.717, 1.165) is 11.1 Å². The van der Waals surface area contributed by atoms with Crippen LogP contribution in [0.5, 0.6) is 0 Å². The van der Waals surface area contributed by atoms with Crippen LogP contribution in [-0.4, -0.2) is 25.4 Å². The first-order chi connectivity index (χ1) is 14.9. The van der Waals surface area contributed by atoms with Crippen molar-refractivity contribution in [2.45, 2.75) is 18.9 Å². The van der Waals surface area contributed by atoms with Crippen molar-refractivity contribution in [1.29, 1.82) is 0 Å². The molecule has 0 fully saturated rings. The maximum absolute atomic E-state index is 12.7. The first-order valence-corrected chi connectivity index (χ1v) is 10.1. The zero-order chi connectivity index (χ0) is 22.0. The highest BCUT2D eigenvalue weighted by Crippen LogP contribution is 2.23. The number of hydrogen-bond acceptors (Lipinski definition) is 4. The molecule has 4 rings (SSSR count). The van der Waals surface area contributed by atoms with Crippen molar-refractivity contribution >= 4 is 28.7 Å². The molecule has 0 aliphatic rings. The Hall–Kier alpha value is -3.65. The van der Waals surface area contributed by atoms with Gasteiger partial charge >= 0.3 is 5.69 Å². The second-order valence-corrected chi connectivity index (χ2v) is 7.60. The third-order valence-electron chi connectivity index (χ3n) is 5.03. The van der Waals surface area contributed by atoms with E-state index < -0.39 is 11.2 Å². The number of nitrogens with zero attached hydrogens (tertiary/aromatic N) is 2. The molecule has 1 amide bonds. The number of aryl methyl sites for hydroxylation is 2. The predicted octanol–water partition coefficient (Wildman–Crippen LogP) is 2.44. The lowest BCUT2D eigenvalue weighted by Crippen LogP contribution is -2.29. The number of aromatic nitrogens is 4. The van der Waals surface area contributed by atoms with Crippen LogP contribution in [-0.2, 0) is 18.3 Å². The number of rotatable bonds is 6. The number of benzene rings is 2. The van der Waals surface area contributed by atoms with Gasteiger partial charge in [0.15, 0.2) is 5.65 Å². The predicted molar refractivity (Wildman–Crippen MR) is 118 cm³/mol. The first kappa shape index (κ1) is 20.6. The zero-order valence-electron chi connectivity index (χ0n) is 16.7. The van der Waals surface area contributed by atoms with Crippen LogP contribution in [0.1, 0.15) is 29.4 Å². The summed E-state index contributed by atoms with van der Waals surface area (Å²) >= 11 is 6.01. The Morgan fingerprint density at radius 3 is 2.45 bits per heavy atom. The largest absolute Gasteiger partial charge is 0.345 e. The summed E-state index contributed by atoms with van der Waals surface area (Å²) in [4.78, 5) is 45.8. The van der Waals surface area contributed by atoms with Gasteiger partial charge in [-0.1, -0.05) is 54.1 Å². The molecule has 0 saturated heterocycles. The molecule has 0 spiro atoms. The van der Waals surface area contributed by atoms with Crippen molar-refractivity contribution in [2.24, 2.45) is 7.05 Å². The molecule has 9 heteroatoms. The highest BCUT2D eigenvalue weighted by molar-refractivity contribution is 6.30. The van der Waals surface area contributed by atoms with Crippen LogP contribution in [0.2, 0.25) is 5.02 Å². The van der Waals surface area contributed by atoms with Crippen LogP contribution in [0, 0.1) is 0 Å². The molecule has 1 atom stereocenters. The lowest BCUT2D eigenvalue weighted by atomic mass is 9.98. The Bertz CT molecular complexity index is 1340. The second kappa shape index (κ2) is 8.61.